The maximum atomic E-state index is 12.9. The summed E-state index contributed by atoms with van der Waals surface area (Å²) >= 11 is 0. The molecule has 4 rings (SSSR count). The Morgan fingerprint density at radius 1 is 0.871 bits per heavy atom. The van der Waals surface area contributed by atoms with Gasteiger partial charge in [0, 0.05) is 11.6 Å². The third kappa shape index (κ3) is 3.85. The van der Waals surface area contributed by atoms with Crippen LogP contribution in [0.4, 0.5) is 5.69 Å². The van der Waals surface area contributed by atoms with Gasteiger partial charge in [-0.2, -0.15) is 0 Å². The molecule has 0 saturated heterocycles. The SMILES string of the molecule is COc1ccc(NC(=O)c2ccc3c(c2)C(=O)N(Cc2ccccc2)C3=O)c(OC)c1. The number of anilines is 1. The van der Waals surface area contributed by atoms with Crippen molar-refractivity contribution in [3.05, 3.63) is 89.0 Å². The van der Waals surface area contributed by atoms with Gasteiger partial charge < -0.3 is 14.8 Å². The highest BCUT2D eigenvalue weighted by atomic mass is 16.5. The largest absolute Gasteiger partial charge is 0.497 e. The lowest BCUT2D eigenvalue weighted by Gasteiger charge is -2.13. The van der Waals surface area contributed by atoms with Gasteiger partial charge >= 0.3 is 0 Å². The molecule has 0 bridgehead atoms. The van der Waals surface area contributed by atoms with Crippen LogP contribution in [0.5, 0.6) is 11.5 Å². The summed E-state index contributed by atoms with van der Waals surface area (Å²) in [5.74, 6) is -0.176. The highest BCUT2D eigenvalue weighted by molar-refractivity contribution is 6.22. The van der Waals surface area contributed by atoms with Crippen LogP contribution in [0.15, 0.2) is 66.7 Å². The Morgan fingerprint density at radius 3 is 2.32 bits per heavy atom. The molecular weight excluding hydrogens is 396 g/mol. The molecule has 3 aromatic rings. The molecule has 0 unspecified atom stereocenters. The molecule has 31 heavy (non-hydrogen) atoms. The topological polar surface area (TPSA) is 84.9 Å². The standard InChI is InChI=1S/C24H20N2O5/c1-30-17-9-11-20(21(13-17)31-2)25-22(27)16-8-10-18-19(12-16)24(29)26(23(18)28)14-15-6-4-3-5-7-15/h3-13H,14H2,1-2H3,(H,25,27). The van der Waals surface area contributed by atoms with Crippen LogP contribution in [-0.2, 0) is 6.54 Å². The first kappa shape index (κ1) is 20.2. The Labute approximate surface area is 179 Å². The number of carbonyl (C=O) groups is 3. The molecule has 0 aromatic heterocycles. The summed E-state index contributed by atoms with van der Waals surface area (Å²) < 4.78 is 10.5. The van der Waals surface area contributed by atoms with E-state index in [4.69, 9.17) is 9.47 Å². The van der Waals surface area contributed by atoms with E-state index in [1.54, 1.807) is 18.2 Å². The maximum absolute atomic E-state index is 12.9. The van der Waals surface area contributed by atoms with Crippen LogP contribution < -0.4 is 14.8 Å². The number of rotatable bonds is 6. The van der Waals surface area contributed by atoms with E-state index in [0.29, 0.717) is 22.7 Å². The first-order valence-corrected chi connectivity index (χ1v) is 9.59. The van der Waals surface area contributed by atoms with Crippen molar-refractivity contribution in [2.45, 2.75) is 6.54 Å². The predicted octanol–water partition coefficient (Wildman–Crippen LogP) is 3.75. The molecule has 0 atom stereocenters. The van der Waals surface area contributed by atoms with E-state index < -0.39 is 11.8 Å². The van der Waals surface area contributed by atoms with Crippen LogP contribution in [0.25, 0.3) is 0 Å². The molecule has 156 valence electrons. The highest BCUT2D eigenvalue weighted by Gasteiger charge is 2.36. The number of ether oxygens (including phenoxy) is 2. The lowest BCUT2D eigenvalue weighted by atomic mass is 10.1. The lowest BCUT2D eigenvalue weighted by molar-refractivity contribution is 0.0642. The fourth-order valence-corrected chi connectivity index (χ4v) is 3.44. The summed E-state index contributed by atoms with van der Waals surface area (Å²) in [7, 11) is 3.03. The number of hydrogen-bond acceptors (Lipinski definition) is 5. The number of benzene rings is 3. The molecule has 7 nitrogen and oxygen atoms in total. The molecule has 0 spiro atoms. The van der Waals surface area contributed by atoms with E-state index in [0.717, 1.165) is 5.56 Å². The molecule has 1 heterocycles. The van der Waals surface area contributed by atoms with Crippen molar-refractivity contribution in [1.82, 2.24) is 4.90 Å². The van der Waals surface area contributed by atoms with Gasteiger partial charge in [-0.05, 0) is 35.9 Å². The van der Waals surface area contributed by atoms with E-state index in [9.17, 15) is 14.4 Å². The monoisotopic (exact) mass is 416 g/mol. The number of amides is 3. The van der Waals surface area contributed by atoms with Crippen LogP contribution in [0, 0.1) is 0 Å². The second-order valence-corrected chi connectivity index (χ2v) is 6.96. The zero-order chi connectivity index (χ0) is 22.0. The van der Waals surface area contributed by atoms with Gasteiger partial charge in [-0.25, -0.2) is 0 Å². The number of hydrogen-bond donors (Lipinski definition) is 1. The summed E-state index contributed by atoms with van der Waals surface area (Å²) in [4.78, 5) is 39.5. The first-order chi connectivity index (χ1) is 15.0. The number of nitrogens with zero attached hydrogens (tertiary/aromatic N) is 1. The Bertz CT molecular complexity index is 1170. The van der Waals surface area contributed by atoms with Gasteiger partial charge in [-0.3, -0.25) is 19.3 Å². The van der Waals surface area contributed by atoms with Gasteiger partial charge in [0.2, 0.25) is 0 Å². The van der Waals surface area contributed by atoms with Gasteiger partial charge in [-0.1, -0.05) is 30.3 Å². The van der Waals surface area contributed by atoms with E-state index in [-0.39, 0.29) is 23.6 Å². The van der Waals surface area contributed by atoms with Gasteiger partial charge in [0.1, 0.15) is 11.5 Å². The van der Waals surface area contributed by atoms with Crippen LogP contribution in [0.3, 0.4) is 0 Å². The summed E-state index contributed by atoms with van der Waals surface area (Å²) in [5, 5.41) is 2.77. The van der Waals surface area contributed by atoms with Crippen molar-refractivity contribution >= 4 is 23.4 Å². The average Bonchev–Trinajstić information content (AvgIpc) is 3.04. The van der Waals surface area contributed by atoms with Crippen molar-refractivity contribution in [1.29, 1.82) is 0 Å². The Hall–Kier alpha value is -4.13. The van der Waals surface area contributed by atoms with Crippen molar-refractivity contribution in [2.75, 3.05) is 19.5 Å². The zero-order valence-electron chi connectivity index (χ0n) is 17.0. The second kappa shape index (κ2) is 8.31. The fraction of sp³-hybridized carbons (Fsp3) is 0.125. The molecule has 3 aromatic carbocycles. The quantitative estimate of drug-likeness (QED) is 0.619. The normalized spacial score (nSPS) is 12.5. The van der Waals surface area contributed by atoms with Crippen LogP contribution in [-0.4, -0.2) is 36.8 Å². The molecule has 0 saturated carbocycles. The zero-order valence-corrected chi connectivity index (χ0v) is 17.0. The van der Waals surface area contributed by atoms with E-state index in [2.05, 4.69) is 5.32 Å². The smallest absolute Gasteiger partial charge is 0.261 e. The summed E-state index contributed by atoms with van der Waals surface area (Å²) in [6.45, 7) is 0.178. The van der Waals surface area contributed by atoms with Crippen molar-refractivity contribution < 1.29 is 23.9 Å². The number of fused-ring (bicyclic) bond motifs is 1. The van der Waals surface area contributed by atoms with Crippen molar-refractivity contribution in [3.8, 4) is 11.5 Å². The minimum atomic E-state index is -0.423. The summed E-state index contributed by atoms with van der Waals surface area (Å²) in [5.41, 5.74) is 2.08. The van der Waals surface area contributed by atoms with E-state index >= 15 is 0 Å². The molecule has 1 aliphatic rings. The second-order valence-electron chi connectivity index (χ2n) is 6.96. The minimum absolute atomic E-state index is 0.178. The number of carbonyl (C=O) groups excluding carboxylic acids is 3. The maximum Gasteiger partial charge on any atom is 0.261 e. The summed E-state index contributed by atoms with van der Waals surface area (Å²) in [6, 6.07) is 18.8. The first-order valence-electron chi connectivity index (χ1n) is 9.59. The molecule has 0 fully saturated rings. The molecule has 7 heteroatoms. The lowest BCUT2D eigenvalue weighted by Crippen LogP contribution is -2.29. The van der Waals surface area contributed by atoms with Crippen LogP contribution in [0.2, 0.25) is 0 Å². The molecule has 3 amide bonds. The molecule has 0 radical (unpaired) electrons. The third-order valence-corrected chi connectivity index (χ3v) is 5.07. The van der Waals surface area contributed by atoms with Gasteiger partial charge in [0.05, 0.1) is 37.6 Å². The number of nitrogens with one attached hydrogen (secondary N) is 1. The molecule has 0 aliphatic carbocycles. The van der Waals surface area contributed by atoms with Crippen molar-refractivity contribution in [3.63, 3.8) is 0 Å². The van der Waals surface area contributed by atoms with Crippen LogP contribution in [0.1, 0.15) is 36.6 Å². The Kier molecular flexibility index (Phi) is 5.41. The third-order valence-electron chi connectivity index (χ3n) is 5.07. The molecular formula is C24H20N2O5. The minimum Gasteiger partial charge on any atom is -0.497 e. The highest BCUT2D eigenvalue weighted by Crippen LogP contribution is 2.30. The van der Waals surface area contributed by atoms with Crippen molar-refractivity contribution in [2.24, 2.45) is 0 Å². The fourth-order valence-electron chi connectivity index (χ4n) is 3.44. The predicted molar refractivity (Wildman–Crippen MR) is 115 cm³/mol. The van der Waals surface area contributed by atoms with E-state index in [1.807, 2.05) is 30.3 Å². The van der Waals surface area contributed by atoms with Gasteiger partial charge in [0.25, 0.3) is 17.7 Å². The molecule has 1 N–H and O–H groups in total. The molecule has 1 aliphatic heterocycles. The average molecular weight is 416 g/mol. The Morgan fingerprint density at radius 2 is 1.61 bits per heavy atom. The van der Waals surface area contributed by atoms with Gasteiger partial charge in [-0.15, -0.1) is 0 Å². The number of methoxy groups -OCH3 is 2. The summed E-state index contributed by atoms with van der Waals surface area (Å²) in [6.07, 6.45) is 0. The Balaban J connectivity index is 1.56. The van der Waals surface area contributed by atoms with Gasteiger partial charge in [0.15, 0.2) is 0 Å². The van der Waals surface area contributed by atoms with E-state index in [1.165, 1.54) is 37.3 Å². The number of imide groups is 1. The van der Waals surface area contributed by atoms with Crippen LogP contribution >= 0.6 is 0 Å².